The molecule has 0 saturated heterocycles. The average Bonchev–Trinajstić information content (AvgIpc) is 2.88. The minimum absolute atomic E-state index is 0.0827. The van der Waals surface area contributed by atoms with Gasteiger partial charge in [0.1, 0.15) is 0 Å². The molecule has 23 heavy (non-hydrogen) atoms. The number of para-hydroxylation sites is 2. The van der Waals surface area contributed by atoms with Crippen LogP contribution in [-0.4, -0.2) is 17.1 Å². The first-order chi connectivity index (χ1) is 11.3. The van der Waals surface area contributed by atoms with Gasteiger partial charge in [0, 0.05) is 28.7 Å². The second-order valence-electron chi connectivity index (χ2n) is 5.00. The molecule has 0 unspecified atom stereocenters. The van der Waals surface area contributed by atoms with E-state index < -0.39 is 0 Å². The maximum atomic E-state index is 10.6. The summed E-state index contributed by atoms with van der Waals surface area (Å²) in [6.07, 6.45) is 0. The number of hydrogen-bond donors (Lipinski definition) is 0. The summed E-state index contributed by atoms with van der Waals surface area (Å²) in [6, 6.07) is 16.6. The number of carbonyl (C=O) groups excluding carboxylic acids is 1. The fourth-order valence-electron chi connectivity index (χ4n) is 2.55. The first-order valence-corrected chi connectivity index (χ1v) is 7.32. The number of hydrogen-bond acceptors (Lipinski definition) is 2. The summed E-state index contributed by atoms with van der Waals surface area (Å²) >= 11 is 0. The molecule has 0 saturated carbocycles. The molecule has 3 aromatic rings. The van der Waals surface area contributed by atoms with Gasteiger partial charge in [0.25, 0.3) is 0 Å². The van der Waals surface area contributed by atoms with Crippen LogP contribution in [0, 0.1) is 23.7 Å². The number of nitrogens with zero attached hydrogens (tertiary/aromatic N) is 1. The lowest BCUT2D eigenvalue weighted by molar-refractivity contribution is -0.139. The second-order valence-corrected chi connectivity index (χ2v) is 5.00. The van der Waals surface area contributed by atoms with Gasteiger partial charge in [-0.05, 0) is 29.9 Å². The molecule has 3 heteroatoms. The number of benzene rings is 2. The second kappa shape index (κ2) is 6.73. The van der Waals surface area contributed by atoms with E-state index >= 15 is 0 Å². The highest BCUT2D eigenvalue weighted by Crippen LogP contribution is 2.28. The third-order valence-corrected chi connectivity index (χ3v) is 3.50. The van der Waals surface area contributed by atoms with Crippen LogP contribution in [0.1, 0.15) is 6.92 Å². The Morgan fingerprint density at radius 1 is 0.957 bits per heavy atom. The lowest BCUT2D eigenvalue weighted by Crippen LogP contribution is -1.97. The first-order valence-electron chi connectivity index (χ1n) is 7.32. The fraction of sp³-hybridized carbons (Fsp3) is 0.150. The zero-order chi connectivity index (χ0) is 16.1. The van der Waals surface area contributed by atoms with E-state index in [1.54, 1.807) is 0 Å². The van der Waals surface area contributed by atoms with E-state index in [1.807, 2.05) is 24.3 Å². The van der Waals surface area contributed by atoms with Crippen LogP contribution < -0.4 is 0 Å². The monoisotopic (exact) mass is 301 g/mol. The van der Waals surface area contributed by atoms with Crippen molar-refractivity contribution in [1.29, 1.82) is 0 Å². The normalized spacial score (nSPS) is 9.78. The van der Waals surface area contributed by atoms with E-state index in [0.29, 0.717) is 6.54 Å². The van der Waals surface area contributed by atoms with Crippen LogP contribution in [0.3, 0.4) is 0 Å². The number of fused-ring (bicyclic) bond motifs is 3. The highest BCUT2D eigenvalue weighted by atomic mass is 16.5. The Morgan fingerprint density at radius 3 is 2.13 bits per heavy atom. The van der Waals surface area contributed by atoms with E-state index in [9.17, 15) is 4.79 Å². The van der Waals surface area contributed by atoms with Crippen molar-refractivity contribution in [3.8, 4) is 23.7 Å². The molecule has 1 heterocycles. The summed E-state index contributed by atoms with van der Waals surface area (Å²) in [6.45, 7) is 2.01. The number of esters is 1. The van der Waals surface area contributed by atoms with Gasteiger partial charge in [0.05, 0.1) is 6.54 Å². The molecule has 2 aromatic carbocycles. The molecule has 0 fully saturated rings. The van der Waals surface area contributed by atoms with E-state index in [-0.39, 0.29) is 12.6 Å². The summed E-state index contributed by atoms with van der Waals surface area (Å²) in [5, 5.41) is 2.46. The molecular weight excluding hydrogens is 286 g/mol. The molecule has 112 valence electrons. The van der Waals surface area contributed by atoms with Gasteiger partial charge in [0.15, 0.2) is 6.61 Å². The van der Waals surface area contributed by atoms with Crippen molar-refractivity contribution in [2.24, 2.45) is 0 Å². The van der Waals surface area contributed by atoms with Gasteiger partial charge >= 0.3 is 5.97 Å². The van der Waals surface area contributed by atoms with Gasteiger partial charge in [-0.25, -0.2) is 0 Å². The Hall–Kier alpha value is -3.17. The lowest BCUT2D eigenvalue weighted by Gasteiger charge is -2.01. The molecule has 3 rings (SSSR count). The minimum atomic E-state index is -0.336. The highest BCUT2D eigenvalue weighted by molar-refractivity contribution is 6.08. The molecular formula is C20H15NO2. The van der Waals surface area contributed by atoms with Gasteiger partial charge in [-0.15, -0.1) is 0 Å². The molecule has 3 nitrogen and oxygen atoms in total. The van der Waals surface area contributed by atoms with Crippen molar-refractivity contribution >= 4 is 27.8 Å². The summed E-state index contributed by atoms with van der Waals surface area (Å²) in [5.74, 6) is 10.9. The van der Waals surface area contributed by atoms with Crippen molar-refractivity contribution < 1.29 is 9.53 Å². The van der Waals surface area contributed by atoms with Gasteiger partial charge in [-0.3, -0.25) is 4.79 Å². The Bertz CT molecular complexity index is 937. The molecule has 0 spiro atoms. The van der Waals surface area contributed by atoms with E-state index in [0.717, 1.165) is 11.0 Å². The van der Waals surface area contributed by atoms with Gasteiger partial charge in [0.2, 0.25) is 0 Å². The van der Waals surface area contributed by atoms with Crippen LogP contribution in [0.25, 0.3) is 21.8 Å². The maximum Gasteiger partial charge on any atom is 0.303 e. The summed E-state index contributed by atoms with van der Waals surface area (Å²) in [4.78, 5) is 10.6. The smallest absolute Gasteiger partial charge is 0.303 e. The van der Waals surface area contributed by atoms with Crippen molar-refractivity contribution in [2.45, 2.75) is 13.5 Å². The lowest BCUT2D eigenvalue weighted by atomic mass is 10.2. The Kier molecular flexibility index (Phi) is 4.32. The van der Waals surface area contributed by atoms with Crippen LogP contribution in [0.15, 0.2) is 48.5 Å². The van der Waals surface area contributed by atoms with Crippen LogP contribution in [0.5, 0.6) is 0 Å². The van der Waals surface area contributed by atoms with Crippen LogP contribution in [0.4, 0.5) is 0 Å². The molecule has 0 radical (unpaired) electrons. The highest BCUT2D eigenvalue weighted by Gasteiger charge is 2.07. The molecule has 0 aliphatic heterocycles. The Balaban J connectivity index is 1.87. The first kappa shape index (κ1) is 14.8. The Morgan fingerprint density at radius 2 is 1.52 bits per heavy atom. The van der Waals surface area contributed by atoms with E-state index in [2.05, 4.69) is 52.5 Å². The van der Waals surface area contributed by atoms with Crippen LogP contribution in [0.2, 0.25) is 0 Å². The summed E-state index contributed by atoms with van der Waals surface area (Å²) in [7, 11) is 0. The van der Waals surface area contributed by atoms with Crippen LogP contribution >= 0.6 is 0 Å². The predicted molar refractivity (Wildman–Crippen MR) is 91.6 cm³/mol. The third-order valence-electron chi connectivity index (χ3n) is 3.50. The fourth-order valence-corrected chi connectivity index (χ4v) is 2.55. The SMILES string of the molecule is CC(=O)OCC#CC#CCn1c2ccccc2c2ccccc21. The molecule has 0 bridgehead atoms. The maximum absolute atomic E-state index is 10.6. The largest absolute Gasteiger partial charge is 0.453 e. The molecule has 0 N–H and O–H groups in total. The zero-order valence-electron chi connectivity index (χ0n) is 12.8. The molecule has 0 aliphatic rings. The zero-order valence-corrected chi connectivity index (χ0v) is 12.8. The van der Waals surface area contributed by atoms with Crippen LogP contribution in [-0.2, 0) is 16.1 Å². The molecule has 0 atom stereocenters. The number of aromatic nitrogens is 1. The number of carbonyl (C=O) groups is 1. The standard InChI is InChI=1S/C20H15NO2/c1-16(22)23-15-9-3-2-8-14-21-19-12-6-4-10-17(19)18-11-5-7-13-20(18)21/h4-7,10-13H,14-15H2,1H3. The molecule has 0 amide bonds. The minimum Gasteiger partial charge on any atom is -0.453 e. The van der Waals surface area contributed by atoms with E-state index in [4.69, 9.17) is 4.74 Å². The van der Waals surface area contributed by atoms with Crippen molar-refractivity contribution in [3.05, 3.63) is 48.5 Å². The van der Waals surface area contributed by atoms with Gasteiger partial charge in [-0.2, -0.15) is 0 Å². The third kappa shape index (κ3) is 3.20. The van der Waals surface area contributed by atoms with Crippen molar-refractivity contribution in [2.75, 3.05) is 6.61 Å². The number of ether oxygens (including phenoxy) is 1. The topological polar surface area (TPSA) is 31.2 Å². The van der Waals surface area contributed by atoms with Crippen molar-refractivity contribution in [3.63, 3.8) is 0 Å². The van der Waals surface area contributed by atoms with Gasteiger partial charge in [-0.1, -0.05) is 42.3 Å². The number of rotatable bonds is 2. The quantitative estimate of drug-likeness (QED) is 0.537. The predicted octanol–water partition coefficient (Wildman–Crippen LogP) is 3.36. The summed E-state index contributed by atoms with van der Waals surface area (Å²) in [5.41, 5.74) is 2.33. The Labute approximate surface area is 134 Å². The summed E-state index contributed by atoms with van der Waals surface area (Å²) < 4.78 is 6.91. The van der Waals surface area contributed by atoms with E-state index in [1.165, 1.54) is 17.7 Å². The molecule has 1 aromatic heterocycles. The van der Waals surface area contributed by atoms with Gasteiger partial charge < -0.3 is 9.30 Å². The molecule has 0 aliphatic carbocycles. The average molecular weight is 301 g/mol. The van der Waals surface area contributed by atoms with Crippen molar-refractivity contribution in [1.82, 2.24) is 4.57 Å².